The van der Waals surface area contributed by atoms with Crippen molar-refractivity contribution in [3.05, 3.63) is 56.7 Å². The van der Waals surface area contributed by atoms with Crippen LogP contribution in [0, 0.1) is 0 Å². The van der Waals surface area contributed by atoms with Crippen molar-refractivity contribution in [1.29, 1.82) is 0 Å². The van der Waals surface area contributed by atoms with Gasteiger partial charge in [0, 0.05) is 24.0 Å². The zero-order chi connectivity index (χ0) is 13.4. The number of benzene rings is 1. The van der Waals surface area contributed by atoms with Crippen LogP contribution < -0.4 is 11.2 Å². The van der Waals surface area contributed by atoms with Crippen molar-refractivity contribution in [2.24, 2.45) is 0 Å². The predicted octanol–water partition coefficient (Wildman–Crippen LogP) is 1.17. The third-order valence-electron chi connectivity index (χ3n) is 3.07. The average Bonchev–Trinajstić information content (AvgIpc) is 2.41. The second kappa shape index (κ2) is 4.37. The molecule has 0 aliphatic heterocycles. The Kier molecular flexibility index (Phi) is 2.68. The maximum Gasteiger partial charge on any atom is 0.339 e. The minimum Gasteiger partial charge on any atom is -0.422 e. The molecule has 0 unspecified atom stereocenters. The number of aliphatic hydroxyl groups is 1. The highest BCUT2D eigenvalue weighted by atomic mass is 16.4. The number of rotatable bonds is 2. The molecule has 3 rings (SSSR count). The molecule has 0 spiro atoms. The molecule has 2 heterocycles. The largest absolute Gasteiger partial charge is 0.422 e. The van der Waals surface area contributed by atoms with Crippen molar-refractivity contribution >= 4 is 21.9 Å². The molecular weight excluding hydrogens is 246 g/mol. The summed E-state index contributed by atoms with van der Waals surface area (Å²) in [5.74, 6) is 0. The van der Waals surface area contributed by atoms with Gasteiger partial charge in [-0.25, -0.2) is 4.79 Å². The first kappa shape index (κ1) is 11.7. The van der Waals surface area contributed by atoms with Gasteiger partial charge >= 0.3 is 5.63 Å². The normalized spacial score (nSPS) is 11.2. The lowest BCUT2D eigenvalue weighted by Crippen LogP contribution is -2.13. The zero-order valence-corrected chi connectivity index (χ0v) is 9.97. The van der Waals surface area contributed by atoms with Crippen molar-refractivity contribution in [3.63, 3.8) is 0 Å². The summed E-state index contributed by atoms with van der Waals surface area (Å²) in [5, 5.41) is 9.90. The summed E-state index contributed by atoms with van der Waals surface area (Å²) in [4.78, 5) is 26.5. The standard InChI is InChI=1S/C14H11NO4/c16-6-5-8-7-10-12(19-14(8)18)9-3-1-2-4-11(9)15-13(10)17/h1-4,7,16H,5-6H2,(H,15,17). The number of hydrogen-bond acceptors (Lipinski definition) is 4. The van der Waals surface area contributed by atoms with Crippen LogP contribution in [0.25, 0.3) is 21.9 Å². The van der Waals surface area contributed by atoms with Crippen molar-refractivity contribution < 1.29 is 9.52 Å². The minimum atomic E-state index is -0.516. The molecule has 3 aromatic rings. The number of aliphatic hydroxyl groups excluding tert-OH is 1. The molecule has 0 aliphatic rings. The minimum absolute atomic E-state index is 0.165. The zero-order valence-electron chi connectivity index (χ0n) is 9.97. The van der Waals surface area contributed by atoms with E-state index in [9.17, 15) is 9.59 Å². The van der Waals surface area contributed by atoms with Crippen LogP contribution >= 0.6 is 0 Å². The lowest BCUT2D eigenvalue weighted by molar-refractivity contribution is 0.298. The van der Waals surface area contributed by atoms with E-state index in [0.717, 1.165) is 0 Å². The van der Waals surface area contributed by atoms with Gasteiger partial charge in [0.15, 0.2) is 5.58 Å². The van der Waals surface area contributed by atoms with Crippen LogP contribution in [-0.4, -0.2) is 16.7 Å². The van der Waals surface area contributed by atoms with Crippen molar-refractivity contribution in [2.75, 3.05) is 6.61 Å². The number of pyridine rings is 1. The van der Waals surface area contributed by atoms with Gasteiger partial charge in [-0.05, 0) is 18.2 Å². The van der Waals surface area contributed by atoms with Gasteiger partial charge in [0.1, 0.15) is 0 Å². The quantitative estimate of drug-likeness (QED) is 0.675. The van der Waals surface area contributed by atoms with Crippen LogP contribution in [0.4, 0.5) is 0 Å². The Morgan fingerprint density at radius 1 is 1.16 bits per heavy atom. The first-order valence-electron chi connectivity index (χ1n) is 5.89. The van der Waals surface area contributed by atoms with Gasteiger partial charge in [0.05, 0.1) is 10.9 Å². The second-order valence-electron chi connectivity index (χ2n) is 4.28. The summed E-state index contributed by atoms with van der Waals surface area (Å²) in [6.45, 7) is -0.165. The maximum absolute atomic E-state index is 12.0. The lowest BCUT2D eigenvalue weighted by Gasteiger charge is -2.03. The molecule has 96 valence electrons. The molecular formula is C14H11NO4. The molecule has 19 heavy (non-hydrogen) atoms. The van der Waals surface area contributed by atoms with Crippen molar-refractivity contribution in [2.45, 2.75) is 6.42 Å². The van der Waals surface area contributed by atoms with Gasteiger partial charge in [0.2, 0.25) is 0 Å². The Morgan fingerprint density at radius 3 is 2.74 bits per heavy atom. The van der Waals surface area contributed by atoms with Crippen LogP contribution in [0.5, 0.6) is 0 Å². The first-order chi connectivity index (χ1) is 9.20. The van der Waals surface area contributed by atoms with Gasteiger partial charge < -0.3 is 14.5 Å². The summed E-state index contributed by atoms with van der Waals surface area (Å²) < 4.78 is 5.25. The summed E-state index contributed by atoms with van der Waals surface area (Å²) in [5.41, 5.74) is 0.383. The van der Waals surface area contributed by atoms with E-state index in [1.165, 1.54) is 6.07 Å². The van der Waals surface area contributed by atoms with E-state index in [1.807, 2.05) is 6.07 Å². The highest BCUT2D eigenvalue weighted by molar-refractivity contribution is 6.01. The summed E-state index contributed by atoms with van der Waals surface area (Å²) in [7, 11) is 0. The van der Waals surface area contributed by atoms with E-state index < -0.39 is 5.63 Å². The van der Waals surface area contributed by atoms with Gasteiger partial charge in [-0.1, -0.05) is 12.1 Å². The predicted molar refractivity (Wildman–Crippen MR) is 71.4 cm³/mol. The molecule has 2 aromatic heterocycles. The van der Waals surface area contributed by atoms with E-state index in [-0.39, 0.29) is 24.2 Å². The molecule has 1 aromatic carbocycles. The van der Waals surface area contributed by atoms with E-state index in [1.54, 1.807) is 18.2 Å². The Labute approximate surface area is 107 Å². The molecule has 2 N–H and O–H groups in total. The molecule has 0 atom stereocenters. The van der Waals surface area contributed by atoms with Gasteiger partial charge in [0.25, 0.3) is 5.56 Å². The number of hydrogen-bond donors (Lipinski definition) is 2. The molecule has 0 fully saturated rings. The summed E-state index contributed by atoms with van der Waals surface area (Å²) >= 11 is 0. The Hall–Kier alpha value is -2.40. The topological polar surface area (TPSA) is 83.3 Å². The third-order valence-corrected chi connectivity index (χ3v) is 3.07. The van der Waals surface area contributed by atoms with Crippen LogP contribution in [0.3, 0.4) is 0 Å². The van der Waals surface area contributed by atoms with Crippen LogP contribution in [0.15, 0.2) is 44.3 Å². The SMILES string of the molecule is O=c1oc2c(cc1CCO)c(=O)[nH]c1ccccc12. The van der Waals surface area contributed by atoms with Crippen LogP contribution in [-0.2, 0) is 6.42 Å². The second-order valence-corrected chi connectivity index (χ2v) is 4.28. The number of nitrogens with one attached hydrogen (secondary N) is 1. The molecule has 0 saturated carbocycles. The highest BCUT2D eigenvalue weighted by Crippen LogP contribution is 2.20. The first-order valence-corrected chi connectivity index (χ1v) is 5.89. The molecule has 0 amide bonds. The van der Waals surface area contributed by atoms with Gasteiger partial charge in [-0.3, -0.25) is 4.79 Å². The molecule has 0 radical (unpaired) electrons. The summed E-state index contributed by atoms with van der Waals surface area (Å²) in [6, 6.07) is 8.62. The van der Waals surface area contributed by atoms with E-state index in [2.05, 4.69) is 4.98 Å². The number of fused-ring (bicyclic) bond motifs is 3. The van der Waals surface area contributed by atoms with Crippen molar-refractivity contribution in [3.8, 4) is 0 Å². The number of aromatic amines is 1. The molecule has 0 aliphatic carbocycles. The fourth-order valence-electron chi connectivity index (χ4n) is 2.16. The van der Waals surface area contributed by atoms with Crippen molar-refractivity contribution in [1.82, 2.24) is 4.98 Å². The number of para-hydroxylation sites is 1. The maximum atomic E-state index is 12.0. The fraction of sp³-hybridized carbons (Fsp3) is 0.143. The van der Waals surface area contributed by atoms with E-state index in [4.69, 9.17) is 9.52 Å². The van der Waals surface area contributed by atoms with Crippen LogP contribution in [0.1, 0.15) is 5.56 Å². The fourth-order valence-corrected chi connectivity index (χ4v) is 2.16. The molecule has 5 heteroatoms. The van der Waals surface area contributed by atoms with Crippen LogP contribution in [0.2, 0.25) is 0 Å². The molecule has 0 bridgehead atoms. The Morgan fingerprint density at radius 2 is 1.95 bits per heavy atom. The Balaban J connectivity index is 2.49. The monoisotopic (exact) mass is 257 g/mol. The number of aromatic nitrogens is 1. The molecule has 0 saturated heterocycles. The molecule has 5 nitrogen and oxygen atoms in total. The number of H-pyrrole nitrogens is 1. The van der Waals surface area contributed by atoms with Gasteiger partial charge in [-0.15, -0.1) is 0 Å². The van der Waals surface area contributed by atoms with Gasteiger partial charge in [-0.2, -0.15) is 0 Å². The Bertz CT molecular complexity index is 876. The smallest absolute Gasteiger partial charge is 0.339 e. The van der Waals surface area contributed by atoms with E-state index >= 15 is 0 Å². The lowest BCUT2D eigenvalue weighted by atomic mass is 10.1. The third kappa shape index (κ3) is 1.84. The van der Waals surface area contributed by atoms with E-state index in [0.29, 0.717) is 21.9 Å². The highest BCUT2D eigenvalue weighted by Gasteiger charge is 2.11. The summed E-state index contributed by atoms with van der Waals surface area (Å²) in [6.07, 6.45) is 0.171. The average molecular weight is 257 g/mol.